The molecule has 0 atom stereocenters. The molecule has 0 aliphatic rings. The molecule has 4 heteroatoms. The van der Waals surface area contributed by atoms with E-state index in [9.17, 15) is 4.79 Å². The first kappa shape index (κ1) is 17.0. The molecule has 0 saturated heterocycles. The number of nitrogens with zero attached hydrogens (tertiary/aromatic N) is 1. The fourth-order valence-electron chi connectivity index (χ4n) is 2.12. The van der Waals surface area contributed by atoms with Crippen LogP contribution >= 0.6 is 0 Å². The van der Waals surface area contributed by atoms with Gasteiger partial charge in [0.05, 0.1) is 6.21 Å². The van der Waals surface area contributed by atoms with Crippen molar-refractivity contribution in [3.8, 4) is 11.8 Å². The average molecular weight is 340 g/mol. The molecule has 1 amide bonds. The zero-order valence-electron chi connectivity index (χ0n) is 13.9. The molecule has 0 aliphatic heterocycles. The van der Waals surface area contributed by atoms with Crippen molar-refractivity contribution in [2.24, 2.45) is 5.16 Å². The molecular formula is C22H16N2O2. The van der Waals surface area contributed by atoms with Crippen LogP contribution in [0.3, 0.4) is 0 Å². The van der Waals surface area contributed by atoms with Crippen molar-refractivity contribution in [3.63, 3.8) is 0 Å². The maximum Gasteiger partial charge on any atom is 0.437 e. The third kappa shape index (κ3) is 5.36. The van der Waals surface area contributed by atoms with E-state index in [0.717, 1.165) is 16.7 Å². The molecule has 0 spiro atoms. The van der Waals surface area contributed by atoms with Crippen molar-refractivity contribution in [2.75, 3.05) is 5.32 Å². The number of anilines is 1. The van der Waals surface area contributed by atoms with Gasteiger partial charge in [0.1, 0.15) is 0 Å². The van der Waals surface area contributed by atoms with E-state index in [4.69, 9.17) is 4.84 Å². The largest absolute Gasteiger partial charge is 0.437 e. The average Bonchev–Trinajstić information content (AvgIpc) is 2.69. The molecule has 1 N–H and O–H groups in total. The van der Waals surface area contributed by atoms with Gasteiger partial charge in [0.15, 0.2) is 0 Å². The van der Waals surface area contributed by atoms with Crippen LogP contribution < -0.4 is 5.32 Å². The number of hydrogen-bond acceptors (Lipinski definition) is 3. The van der Waals surface area contributed by atoms with E-state index in [-0.39, 0.29) is 0 Å². The SMILES string of the molecule is O=C(Nc1ccccc1)ON=Cc1ccc(C#Cc2ccccc2)cc1. The maximum atomic E-state index is 11.6. The van der Waals surface area contributed by atoms with Crippen molar-refractivity contribution in [1.29, 1.82) is 0 Å². The summed E-state index contributed by atoms with van der Waals surface area (Å²) in [5.41, 5.74) is 3.32. The lowest BCUT2D eigenvalue weighted by atomic mass is 10.1. The molecule has 3 rings (SSSR count). The number of benzene rings is 3. The highest BCUT2D eigenvalue weighted by atomic mass is 16.7. The van der Waals surface area contributed by atoms with Gasteiger partial charge in [-0.2, -0.15) is 0 Å². The Balaban J connectivity index is 1.53. The fraction of sp³-hybridized carbons (Fsp3) is 0. The third-order valence-corrected chi connectivity index (χ3v) is 3.39. The topological polar surface area (TPSA) is 50.7 Å². The molecule has 0 bridgehead atoms. The molecule has 26 heavy (non-hydrogen) atoms. The first-order valence-electron chi connectivity index (χ1n) is 8.03. The van der Waals surface area contributed by atoms with E-state index < -0.39 is 6.09 Å². The highest BCUT2D eigenvalue weighted by molar-refractivity contribution is 5.85. The minimum Gasteiger partial charge on any atom is -0.298 e. The van der Waals surface area contributed by atoms with Crippen LogP contribution in [-0.2, 0) is 4.84 Å². The Kier molecular flexibility index (Phi) is 5.79. The molecule has 3 aromatic rings. The van der Waals surface area contributed by atoms with Gasteiger partial charge in [-0.25, -0.2) is 4.79 Å². The second kappa shape index (κ2) is 8.86. The predicted molar refractivity (Wildman–Crippen MR) is 103 cm³/mol. The summed E-state index contributed by atoms with van der Waals surface area (Å²) in [5.74, 6) is 6.20. The van der Waals surface area contributed by atoms with Gasteiger partial charge in [-0.15, -0.1) is 0 Å². The van der Waals surface area contributed by atoms with E-state index in [1.165, 1.54) is 6.21 Å². The van der Waals surface area contributed by atoms with Crippen LogP contribution in [0.2, 0.25) is 0 Å². The van der Waals surface area contributed by atoms with Crippen molar-refractivity contribution in [2.45, 2.75) is 0 Å². The van der Waals surface area contributed by atoms with Gasteiger partial charge in [-0.1, -0.05) is 65.5 Å². The number of carbonyl (C=O) groups is 1. The molecule has 3 aromatic carbocycles. The van der Waals surface area contributed by atoms with Crippen LogP contribution in [0.25, 0.3) is 0 Å². The Morgan fingerprint density at radius 2 is 1.38 bits per heavy atom. The standard InChI is InChI=1S/C22H16N2O2/c25-22(24-21-9-5-2-6-10-21)26-23-17-20-15-13-19(14-16-20)12-11-18-7-3-1-4-8-18/h1-10,13-17H,(H,24,25). The van der Waals surface area contributed by atoms with E-state index in [1.54, 1.807) is 12.1 Å². The predicted octanol–water partition coefficient (Wildman–Crippen LogP) is 4.67. The first-order chi connectivity index (χ1) is 12.8. The molecule has 0 fully saturated rings. The highest BCUT2D eigenvalue weighted by Gasteiger charge is 2.01. The Bertz CT molecular complexity index is 938. The Hall–Kier alpha value is -3.84. The number of hydrogen-bond donors (Lipinski definition) is 1. The van der Waals surface area contributed by atoms with Crippen LogP contribution in [0.15, 0.2) is 90.1 Å². The van der Waals surface area contributed by atoms with Crippen molar-refractivity contribution < 1.29 is 9.63 Å². The molecule has 0 heterocycles. The van der Waals surface area contributed by atoms with Gasteiger partial charge in [0, 0.05) is 16.8 Å². The monoisotopic (exact) mass is 340 g/mol. The quantitative estimate of drug-likeness (QED) is 0.326. The number of rotatable bonds is 3. The van der Waals surface area contributed by atoms with Gasteiger partial charge in [0.2, 0.25) is 0 Å². The second-order valence-electron chi connectivity index (χ2n) is 5.34. The summed E-state index contributed by atoms with van der Waals surface area (Å²) in [4.78, 5) is 16.4. The number of oxime groups is 1. The summed E-state index contributed by atoms with van der Waals surface area (Å²) in [6.07, 6.45) is 0.830. The molecular weight excluding hydrogens is 324 g/mol. The normalized spacial score (nSPS) is 10.0. The van der Waals surface area contributed by atoms with E-state index in [1.807, 2.05) is 72.8 Å². The molecule has 126 valence electrons. The lowest BCUT2D eigenvalue weighted by Crippen LogP contribution is -2.10. The van der Waals surface area contributed by atoms with E-state index in [0.29, 0.717) is 5.69 Å². The van der Waals surface area contributed by atoms with Crippen LogP contribution in [0.5, 0.6) is 0 Å². The molecule has 0 aromatic heterocycles. The summed E-state index contributed by atoms with van der Waals surface area (Å²) in [6.45, 7) is 0. The number of nitrogens with one attached hydrogen (secondary N) is 1. The van der Waals surface area contributed by atoms with Crippen LogP contribution in [-0.4, -0.2) is 12.3 Å². The van der Waals surface area contributed by atoms with E-state index >= 15 is 0 Å². The Morgan fingerprint density at radius 1 is 0.808 bits per heavy atom. The highest BCUT2D eigenvalue weighted by Crippen LogP contribution is 2.06. The third-order valence-electron chi connectivity index (χ3n) is 3.39. The number of carbonyl (C=O) groups excluding carboxylic acids is 1. The lowest BCUT2D eigenvalue weighted by molar-refractivity contribution is 0.167. The molecule has 0 aliphatic carbocycles. The summed E-state index contributed by atoms with van der Waals surface area (Å²) < 4.78 is 0. The lowest BCUT2D eigenvalue weighted by Gasteiger charge is -2.01. The van der Waals surface area contributed by atoms with Crippen LogP contribution in [0.4, 0.5) is 10.5 Å². The first-order valence-corrected chi connectivity index (χ1v) is 8.03. The van der Waals surface area contributed by atoms with Gasteiger partial charge in [-0.3, -0.25) is 10.2 Å². The Morgan fingerprint density at radius 3 is 2.04 bits per heavy atom. The van der Waals surface area contributed by atoms with Gasteiger partial charge in [0.25, 0.3) is 0 Å². The minimum atomic E-state index is -0.641. The Labute approximate surface area is 152 Å². The molecule has 4 nitrogen and oxygen atoms in total. The second-order valence-corrected chi connectivity index (χ2v) is 5.34. The minimum absolute atomic E-state index is 0.641. The molecule has 0 saturated carbocycles. The van der Waals surface area contributed by atoms with Gasteiger partial charge >= 0.3 is 6.09 Å². The van der Waals surface area contributed by atoms with Crippen LogP contribution in [0.1, 0.15) is 16.7 Å². The van der Waals surface area contributed by atoms with E-state index in [2.05, 4.69) is 22.3 Å². The van der Waals surface area contributed by atoms with Crippen molar-refractivity contribution >= 4 is 18.0 Å². The molecule has 0 radical (unpaired) electrons. The molecule has 0 unspecified atom stereocenters. The van der Waals surface area contributed by atoms with Crippen molar-refractivity contribution in [1.82, 2.24) is 0 Å². The number of amides is 1. The zero-order chi connectivity index (χ0) is 18.0. The summed E-state index contributed by atoms with van der Waals surface area (Å²) in [6, 6.07) is 26.3. The maximum absolute atomic E-state index is 11.6. The van der Waals surface area contributed by atoms with Gasteiger partial charge in [-0.05, 0) is 42.0 Å². The van der Waals surface area contributed by atoms with Crippen molar-refractivity contribution in [3.05, 3.63) is 102 Å². The van der Waals surface area contributed by atoms with Gasteiger partial charge < -0.3 is 0 Å². The smallest absolute Gasteiger partial charge is 0.298 e. The zero-order valence-corrected chi connectivity index (χ0v) is 13.9. The summed E-state index contributed by atoms with van der Waals surface area (Å²) in [5, 5.41) is 6.26. The van der Waals surface area contributed by atoms with Crippen LogP contribution in [0, 0.1) is 11.8 Å². The summed E-state index contributed by atoms with van der Waals surface area (Å²) in [7, 11) is 0. The fourth-order valence-corrected chi connectivity index (χ4v) is 2.12. The number of para-hydroxylation sites is 1. The summed E-state index contributed by atoms with van der Waals surface area (Å²) >= 11 is 0.